The van der Waals surface area contributed by atoms with E-state index in [2.05, 4.69) is 4.98 Å². The molecule has 0 saturated heterocycles. The highest BCUT2D eigenvalue weighted by molar-refractivity contribution is 5.91. The number of ether oxygens (including phenoxy) is 1. The van der Waals surface area contributed by atoms with Gasteiger partial charge in [-0.3, -0.25) is 9.78 Å². The molecule has 0 fully saturated rings. The van der Waals surface area contributed by atoms with Crippen molar-refractivity contribution in [3.05, 3.63) is 47.8 Å². The maximum atomic E-state index is 11.0. The van der Waals surface area contributed by atoms with Crippen LogP contribution in [0.3, 0.4) is 0 Å². The average molecular weight is 243 g/mol. The Balaban J connectivity index is 2.28. The van der Waals surface area contributed by atoms with Crippen LogP contribution in [0.4, 0.5) is 5.69 Å². The topological polar surface area (TPSA) is 91.2 Å². The summed E-state index contributed by atoms with van der Waals surface area (Å²) in [6.07, 6.45) is 1.47. The Bertz CT molecular complexity index is 597. The molecule has 0 saturated carbocycles. The van der Waals surface area contributed by atoms with Gasteiger partial charge in [0.1, 0.15) is 17.2 Å². The average Bonchev–Trinajstić information content (AvgIpc) is 2.33. The fourth-order valence-electron chi connectivity index (χ4n) is 1.52. The molecule has 92 valence electrons. The fraction of sp³-hybridized carbons (Fsp3) is 0.0769. The lowest BCUT2D eigenvalue weighted by Crippen LogP contribution is -2.12. The van der Waals surface area contributed by atoms with E-state index in [1.807, 2.05) is 13.0 Å². The lowest BCUT2D eigenvalue weighted by atomic mass is 10.2. The molecule has 1 amide bonds. The molecule has 2 rings (SSSR count). The maximum Gasteiger partial charge on any atom is 0.267 e. The first kappa shape index (κ1) is 11.9. The number of carbonyl (C=O) groups excluding carboxylic acids is 1. The summed E-state index contributed by atoms with van der Waals surface area (Å²) >= 11 is 0. The number of pyridine rings is 1. The van der Waals surface area contributed by atoms with Crippen LogP contribution in [-0.2, 0) is 0 Å². The van der Waals surface area contributed by atoms with E-state index in [9.17, 15) is 4.79 Å². The molecular weight excluding hydrogens is 230 g/mol. The Morgan fingerprint density at radius 2 is 2.06 bits per heavy atom. The Labute approximate surface area is 104 Å². The zero-order valence-electron chi connectivity index (χ0n) is 9.88. The molecule has 0 aliphatic carbocycles. The Morgan fingerprint density at radius 1 is 1.28 bits per heavy atom. The van der Waals surface area contributed by atoms with Crippen molar-refractivity contribution in [2.45, 2.75) is 6.92 Å². The third-order valence-corrected chi connectivity index (χ3v) is 2.41. The van der Waals surface area contributed by atoms with Crippen LogP contribution in [0.15, 0.2) is 36.5 Å². The van der Waals surface area contributed by atoms with Crippen molar-refractivity contribution in [1.29, 1.82) is 0 Å². The number of amides is 1. The summed E-state index contributed by atoms with van der Waals surface area (Å²) in [5, 5.41) is 0. The van der Waals surface area contributed by atoms with Gasteiger partial charge in [0.25, 0.3) is 5.91 Å². The van der Waals surface area contributed by atoms with Gasteiger partial charge < -0.3 is 16.2 Å². The van der Waals surface area contributed by atoms with Crippen LogP contribution in [0.1, 0.15) is 16.1 Å². The van der Waals surface area contributed by atoms with Gasteiger partial charge in [0.2, 0.25) is 0 Å². The number of aryl methyl sites for hydroxylation is 1. The molecule has 1 aromatic carbocycles. The summed E-state index contributed by atoms with van der Waals surface area (Å²) < 4.78 is 5.65. The van der Waals surface area contributed by atoms with E-state index in [-0.39, 0.29) is 5.69 Å². The lowest BCUT2D eigenvalue weighted by Gasteiger charge is -2.09. The maximum absolute atomic E-state index is 11.0. The second kappa shape index (κ2) is 4.75. The van der Waals surface area contributed by atoms with Crippen molar-refractivity contribution in [1.82, 2.24) is 4.98 Å². The summed E-state index contributed by atoms with van der Waals surface area (Å²) in [6, 6.07) is 8.49. The van der Waals surface area contributed by atoms with Crippen LogP contribution >= 0.6 is 0 Å². The molecule has 18 heavy (non-hydrogen) atoms. The van der Waals surface area contributed by atoms with Gasteiger partial charge in [-0.25, -0.2) is 0 Å². The molecular formula is C13H13N3O2. The SMILES string of the molecule is Cc1cc(N)ccc1Oc1ccnc(C(N)=O)c1. The largest absolute Gasteiger partial charge is 0.457 e. The van der Waals surface area contributed by atoms with Gasteiger partial charge in [-0.1, -0.05) is 0 Å². The van der Waals surface area contributed by atoms with E-state index in [1.54, 1.807) is 18.2 Å². The van der Waals surface area contributed by atoms with Crippen LogP contribution in [0.25, 0.3) is 0 Å². The molecule has 2 aromatic rings. The van der Waals surface area contributed by atoms with Crippen molar-refractivity contribution in [3.8, 4) is 11.5 Å². The first-order valence-electron chi connectivity index (χ1n) is 5.36. The molecule has 0 spiro atoms. The zero-order valence-corrected chi connectivity index (χ0v) is 9.88. The second-order valence-corrected chi connectivity index (χ2v) is 3.87. The number of anilines is 1. The van der Waals surface area contributed by atoms with Crippen LogP contribution in [0, 0.1) is 6.92 Å². The van der Waals surface area contributed by atoms with E-state index in [0.717, 1.165) is 5.56 Å². The number of nitrogens with zero attached hydrogens (tertiary/aromatic N) is 1. The minimum Gasteiger partial charge on any atom is -0.457 e. The van der Waals surface area contributed by atoms with Gasteiger partial charge in [-0.15, -0.1) is 0 Å². The number of nitrogens with two attached hydrogens (primary N) is 2. The molecule has 0 bridgehead atoms. The predicted octanol–water partition coefficient (Wildman–Crippen LogP) is 1.86. The van der Waals surface area contributed by atoms with E-state index in [4.69, 9.17) is 16.2 Å². The van der Waals surface area contributed by atoms with Crippen LogP contribution in [-0.4, -0.2) is 10.9 Å². The minimum absolute atomic E-state index is 0.167. The lowest BCUT2D eigenvalue weighted by molar-refractivity contribution is 0.0995. The fourth-order valence-corrected chi connectivity index (χ4v) is 1.52. The highest BCUT2D eigenvalue weighted by Crippen LogP contribution is 2.26. The molecule has 0 radical (unpaired) electrons. The Morgan fingerprint density at radius 3 is 2.72 bits per heavy atom. The normalized spacial score (nSPS) is 10.1. The summed E-state index contributed by atoms with van der Waals surface area (Å²) in [5.74, 6) is 0.590. The molecule has 1 heterocycles. The van der Waals surface area contributed by atoms with Gasteiger partial charge >= 0.3 is 0 Å². The summed E-state index contributed by atoms with van der Waals surface area (Å²) in [6.45, 7) is 1.89. The van der Waals surface area contributed by atoms with Crippen molar-refractivity contribution < 1.29 is 9.53 Å². The van der Waals surface area contributed by atoms with E-state index < -0.39 is 5.91 Å². The number of carbonyl (C=O) groups is 1. The highest BCUT2D eigenvalue weighted by Gasteiger charge is 2.06. The predicted molar refractivity (Wildman–Crippen MR) is 68.4 cm³/mol. The molecule has 1 aromatic heterocycles. The number of primary amides is 1. The van der Waals surface area contributed by atoms with Gasteiger partial charge in [-0.2, -0.15) is 0 Å². The number of benzene rings is 1. The summed E-state index contributed by atoms with van der Waals surface area (Å²) in [5.41, 5.74) is 12.6. The van der Waals surface area contributed by atoms with Crippen LogP contribution in [0.2, 0.25) is 0 Å². The minimum atomic E-state index is -0.588. The van der Waals surface area contributed by atoms with E-state index in [0.29, 0.717) is 17.2 Å². The van der Waals surface area contributed by atoms with Crippen LogP contribution < -0.4 is 16.2 Å². The second-order valence-electron chi connectivity index (χ2n) is 3.87. The molecule has 0 atom stereocenters. The number of hydrogen-bond acceptors (Lipinski definition) is 4. The van der Waals surface area contributed by atoms with Crippen molar-refractivity contribution in [3.63, 3.8) is 0 Å². The van der Waals surface area contributed by atoms with E-state index >= 15 is 0 Å². The molecule has 0 aliphatic rings. The molecule has 5 nitrogen and oxygen atoms in total. The molecule has 0 unspecified atom stereocenters. The third kappa shape index (κ3) is 2.57. The van der Waals surface area contributed by atoms with Crippen LogP contribution in [0.5, 0.6) is 11.5 Å². The van der Waals surface area contributed by atoms with Gasteiger partial charge in [0, 0.05) is 18.0 Å². The van der Waals surface area contributed by atoms with Gasteiger partial charge in [0.15, 0.2) is 0 Å². The highest BCUT2D eigenvalue weighted by atomic mass is 16.5. The third-order valence-electron chi connectivity index (χ3n) is 2.41. The number of hydrogen-bond donors (Lipinski definition) is 2. The Kier molecular flexibility index (Phi) is 3.14. The quantitative estimate of drug-likeness (QED) is 0.805. The first-order chi connectivity index (χ1) is 8.56. The summed E-state index contributed by atoms with van der Waals surface area (Å²) in [7, 11) is 0. The Hall–Kier alpha value is -2.56. The molecule has 5 heteroatoms. The monoisotopic (exact) mass is 243 g/mol. The standard InChI is InChI=1S/C13H13N3O2/c1-8-6-9(14)2-3-12(8)18-10-4-5-16-11(7-10)13(15)17/h2-7H,14H2,1H3,(H2,15,17). The molecule has 4 N–H and O–H groups in total. The smallest absolute Gasteiger partial charge is 0.267 e. The number of nitrogen functional groups attached to an aromatic ring is 1. The molecule has 0 aliphatic heterocycles. The van der Waals surface area contributed by atoms with Crippen molar-refractivity contribution in [2.24, 2.45) is 5.73 Å². The van der Waals surface area contributed by atoms with Crippen molar-refractivity contribution in [2.75, 3.05) is 5.73 Å². The van der Waals surface area contributed by atoms with Crippen molar-refractivity contribution >= 4 is 11.6 Å². The zero-order chi connectivity index (χ0) is 13.1. The van der Waals surface area contributed by atoms with Gasteiger partial charge in [-0.05, 0) is 36.8 Å². The first-order valence-corrected chi connectivity index (χ1v) is 5.36. The number of rotatable bonds is 3. The number of aromatic nitrogens is 1. The van der Waals surface area contributed by atoms with Gasteiger partial charge in [0.05, 0.1) is 0 Å². The summed E-state index contributed by atoms with van der Waals surface area (Å²) in [4.78, 5) is 14.8. The van der Waals surface area contributed by atoms with E-state index in [1.165, 1.54) is 12.3 Å².